The molecule has 18 heavy (non-hydrogen) atoms. The van der Waals surface area contributed by atoms with E-state index in [9.17, 15) is 0 Å². The number of hydrogen-bond acceptors (Lipinski definition) is 1. The normalized spacial score (nSPS) is 12.6. The van der Waals surface area contributed by atoms with Crippen LogP contribution in [-0.2, 0) is 9.84 Å². The van der Waals surface area contributed by atoms with Crippen molar-refractivity contribution in [3.8, 4) is 0 Å². The molecule has 0 saturated heterocycles. The maximum atomic E-state index is 5.37. The van der Waals surface area contributed by atoms with Gasteiger partial charge in [-0.3, -0.25) is 0 Å². The zero-order valence-electron chi connectivity index (χ0n) is 12.6. The van der Waals surface area contributed by atoms with E-state index in [1.54, 1.807) is 0 Å². The Morgan fingerprint density at radius 1 is 1.06 bits per heavy atom. The fourth-order valence-electron chi connectivity index (χ4n) is 3.31. The highest BCUT2D eigenvalue weighted by atomic mass is 28.2. The topological polar surface area (TPSA) is 9.23 Å². The van der Waals surface area contributed by atoms with E-state index in [1.807, 2.05) is 0 Å². The van der Waals surface area contributed by atoms with Gasteiger partial charge in [-0.15, -0.1) is 0 Å². The highest BCUT2D eigenvalue weighted by molar-refractivity contribution is 5.97. The Bertz CT molecular complexity index is 324. The Morgan fingerprint density at radius 3 is 2.06 bits per heavy atom. The summed E-state index contributed by atoms with van der Waals surface area (Å²) in [4.78, 5) is 0. The van der Waals surface area contributed by atoms with Gasteiger partial charge in [-0.25, -0.2) is 0 Å². The van der Waals surface area contributed by atoms with Crippen molar-refractivity contribution in [3.05, 3.63) is 35.9 Å². The number of benzene rings is 1. The van der Waals surface area contributed by atoms with Crippen molar-refractivity contribution in [2.24, 2.45) is 11.8 Å². The molecular formula is C16H28OSi. The van der Waals surface area contributed by atoms with Crippen LogP contribution in [0.5, 0.6) is 0 Å². The largest absolute Gasteiger partial charge is 0.428 e. The van der Waals surface area contributed by atoms with E-state index in [-0.39, 0.29) is 5.41 Å². The molecule has 1 aromatic rings. The van der Waals surface area contributed by atoms with Crippen molar-refractivity contribution in [3.63, 3.8) is 0 Å². The van der Waals surface area contributed by atoms with Crippen LogP contribution in [0.15, 0.2) is 30.3 Å². The smallest absolute Gasteiger partial charge is 0.145 e. The summed E-state index contributed by atoms with van der Waals surface area (Å²) in [6.45, 7) is 10.3. The molecule has 0 spiro atoms. The molecular weight excluding hydrogens is 236 g/mol. The van der Waals surface area contributed by atoms with Crippen LogP contribution >= 0.6 is 0 Å². The van der Waals surface area contributed by atoms with Gasteiger partial charge in [0.1, 0.15) is 10.5 Å². The van der Waals surface area contributed by atoms with Gasteiger partial charge in [0.2, 0.25) is 0 Å². The van der Waals surface area contributed by atoms with E-state index in [4.69, 9.17) is 4.43 Å². The lowest BCUT2D eigenvalue weighted by molar-refractivity contribution is 0.183. The monoisotopic (exact) mass is 264 g/mol. The first-order chi connectivity index (χ1) is 8.55. The molecule has 0 aromatic heterocycles. The Labute approximate surface area is 115 Å². The van der Waals surface area contributed by atoms with Gasteiger partial charge in [-0.05, 0) is 35.7 Å². The van der Waals surface area contributed by atoms with Crippen LogP contribution in [0.2, 0.25) is 0 Å². The quantitative estimate of drug-likeness (QED) is 0.542. The summed E-state index contributed by atoms with van der Waals surface area (Å²) in [6, 6.07) is 11.0. The van der Waals surface area contributed by atoms with Crippen LogP contribution in [0.1, 0.15) is 46.1 Å². The predicted octanol–water partition coefficient (Wildman–Crippen LogP) is 3.31. The lowest BCUT2D eigenvalue weighted by Crippen LogP contribution is -2.38. The minimum Gasteiger partial charge on any atom is -0.428 e. The van der Waals surface area contributed by atoms with Crippen LogP contribution in [0.25, 0.3) is 0 Å². The minimum atomic E-state index is 0.279. The summed E-state index contributed by atoms with van der Waals surface area (Å²) in [6.07, 6.45) is 2.38. The standard InChI is InChI=1S/C16H28OSi/c1-13(2)16(14(3)4,11-8-12-17-18)15-9-6-5-7-10-15/h5-7,9-10,13-14H,8,11-12H2,1-4,18H3. The number of hydrogen-bond donors (Lipinski definition) is 0. The van der Waals surface area contributed by atoms with Crippen LogP contribution < -0.4 is 0 Å². The van der Waals surface area contributed by atoms with E-state index in [1.165, 1.54) is 12.0 Å². The van der Waals surface area contributed by atoms with Gasteiger partial charge in [0.05, 0.1) is 0 Å². The number of rotatable bonds is 7. The lowest BCUT2D eigenvalue weighted by Gasteiger charge is -2.42. The Balaban J connectivity index is 3.06. The first-order valence-electron chi connectivity index (χ1n) is 7.10. The summed E-state index contributed by atoms with van der Waals surface area (Å²) in [5.74, 6) is 1.29. The van der Waals surface area contributed by atoms with E-state index in [2.05, 4.69) is 58.0 Å². The van der Waals surface area contributed by atoms with Gasteiger partial charge >= 0.3 is 0 Å². The van der Waals surface area contributed by atoms with Gasteiger partial charge in [0, 0.05) is 6.61 Å². The Morgan fingerprint density at radius 2 is 1.61 bits per heavy atom. The lowest BCUT2D eigenvalue weighted by atomic mass is 9.62. The van der Waals surface area contributed by atoms with Gasteiger partial charge in [-0.2, -0.15) is 0 Å². The second-order valence-corrected chi connectivity index (χ2v) is 6.39. The summed E-state index contributed by atoms with van der Waals surface area (Å²) in [5.41, 5.74) is 1.77. The van der Waals surface area contributed by atoms with Crippen molar-refractivity contribution in [2.45, 2.75) is 46.0 Å². The first-order valence-corrected chi connectivity index (χ1v) is 7.91. The summed E-state index contributed by atoms with van der Waals surface area (Å²) in [7, 11) is 0.853. The predicted molar refractivity (Wildman–Crippen MR) is 82.9 cm³/mol. The summed E-state index contributed by atoms with van der Waals surface area (Å²) < 4.78 is 5.37. The van der Waals surface area contributed by atoms with E-state index < -0.39 is 0 Å². The second-order valence-electron chi connectivity index (χ2n) is 5.81. The molecule has 0 radical (unpaired) electrons. The zero-order chi connectivity index (χ0) is 13.6. The fourth-order valence-corrected chi connectivity index (χ4v) is 3.60. The van der Waals surface area contributed by atoms with Crippen molar-refractivity contribution in [1.29, 1.82) is 0 Å². The first kappa shape index (κ1) is 15.5. The molecule has 0 unspecified atom stereocenters. The molecule has 2 heteroatoms. The zero-order valence-corrected chi connectivity index (χ0v) is 14.6. The molecule has 0 N–H and O–H groups in total. The fraction of sp³-hybridized carbons (Fsp3) is 0.625. The van der Waals surface area contributed by atoms with Gasteiger partial charge in [-0.1, -0.05) is 58.0 Å². The molecule has 1 aromatic carbocycles. The highest BCUT2D eigenvalue weighted by Crippen LogP contribution is 2.43. The molecule has 0 heterocycles. The highest BCUT2D eigenvalue weighted by Gasteiger charge is 2.37. The maximum Gasteiger partial charge on any atom is 0.145 e. The molecule has 102 valence electrons. The van der Waals surface area contributed by atoms with Crippen molar-refractivity contribution < 1.29 is 4.43 Å². The Kier molecular flexibility index (Phi) is 6.10. The maximum absolute atomic E-state index is 5.37. The molecule has 1 rings (SSSR count). The molecule has 0 amide bonds. The molecule has 0 aliphatic rings. The Hall–Kier alpha value is -0.603. The van der Waals surface area contributed by atoms with E-state index >= 15 is 0 Å². The minimum absolute atomic E-state index is 0.279. The van der Waals surface area contributed by atoms with Crippen molar-refractivity contribution in [1.82, 2.24) is 0 Å². The SMILES string of the molecule is CC(C)C(CCCO[SiH3])(c1ccccc1)C(C)C. The molecule has 0 atom stereocenters. The van der Waals surface area contributed by atoms with Gasteiger partial charge in [0.25, 0.3) is 0 Å². The molecule has 1 nitrogen and oxygen atoms in total. The third-order valence-corrected chi connectivity index (χ3v) is 4.72. The molecule has 0 fully saturated rings. The van der Waals surface area contributed by atoms with E-state index in [0.717, 1.165) is 23.5 Å². The third-order valence-electron chi connectivity index (χ3n) is 4.31. The molecule has 0 bridgehead atoms. The van der Waals surface area contributed by atoms with Crippen LogP contribution in [0.4, 0.5) is 0 Å². The average molecular weight is 264 g/mol. The van der Waals surface area contributed by atoms with Crippen LogP contribution in [0.3, 0.4) is 0 Å². The van der Waals surface area contributed by atoms with Crippen molar-refractivity contribution >= 4 is 10.5 Å². The van der Waals surface area contributed by atoms with E-state index in [0.29, 0.717) is 11.8 Å². The van der Waals surface area contributed by atoms with Gasteiger partial charge in [0.15, 0.2) is 0 Å². The molecule has 0 aliphatic heterocycles. The summed E-state index contributed by atoms with van der Waals surface area (Å²) >= 11 is 0. The van der Waals surface area contributed by atoms with Crippen molar-refractivity contribution in [2.75, 3.05) is 6.61 Å². The molecule has 0 aliphatic carbocycles. The second kappa shape index (κ2) is 7.10. The third kappa shape index (κ3) is 3.24. The average Bonchev–Trinajstić information content (AvgIpc) is 2.35. The van der Waals surface area contributed by atoms with Crippen LogP contribution in [0, 0.1) is 11.8 Å². The molecule has 0 saturated carbocycles. The summed E-state index contributed by atoms with van der Waals surface area (Å²) in [5, 5.41) is 0. The van der Waals surface area contributed by atoms with Crippen LogP contribution in [-0.4, -0.2) is 17.1 Å². The van der Waals surface area contributed by atoms with Gasteiger partial charge < -0.3 is 4.43 Å².